The second kappa shape index (κ2) is 6.61. The first-order chi connectivity index (χ1) is 9.60. The van der Waals surface area contributed by atoms with Crippen molar-refractivity contribution in [3.05, 3.63) is 23.8 Å². The van der Waals surface area contributed by atoms with Gasteiger partial charge in [-0.1, -0.05) is 6.42 Å². The van der Waals surface area contributed by atoms with E-state index in [1.165, 1.54) is 0 Å². The molecular weight excluding hydrogens is 254 g/mol. The Balaban J connectivity index is 1.99. The van der Waals surface area contributed by atoms with Gasteiger partial charge in [-0.25, -0.2) is 0 Å². The van der Waals surface area contributed by atoms with Gasteiger partial charge >= 0.3 is 0 Å². The summed E-state index contributed by atoms with van der Waals surface area (Å²) in [6.45, 7) is 0.776. The summed E-state index contributed by atoms with van der Waals surface area (Å²) in [4.78, 5) is 11.6. The van der Waals surface area contributed by atoms with Gasteiger partial charge in [-0.2, -0.15) is 0 Å². The molecule has 0 saturated heterocycles. The fourth-order valence-electron chi connectivity index (χ4n) is 2.70. The molecule has 1 amide bonds. The normalized spacial score (nSPS) is 22.3. The Hall–Kier alpha value is -1.75. The highest BCUT2D eigenvalue weighted by molar-refractivity contribution is 5.96. The van der Waals surface area contributed by atoms with Crippen LogP contribution in [-0.4, -0.2) is 30.7 Å². The van der Waals surface area contributed by atoms with Crippen LogP contribution in [0.4, 0.5) is 11.4 Å². The third-order valence-electron chi connectivity index (χ3n) is 3.88. The van der Waals surface area contributed by atoms with Gasteiger partial charge < -0.3 is 21.5 Å². The van der Waals surface area contributed by atoms with E-state index in [4.69, 9.17) is 5.73 Å². The third-order valence-corrected chi connectivity index (χ3v) is 3.88. The lowest BCUT2D eigenvalue weighted by Gasteiger charge is -2.26. The number of rotatable bonds is 4. The molecule has 1 aromatic rings. The molecule has 2 unspecified atom stereocenters. The largest absolute Gasteiger partial charge is 0.397 e. The van der Waals surface area contributed by atoms with Crippen LogP contribution in [-0.2, 0) is 0 Å². The fraction of sp³-hybridized carbons (Fsp3) is 0.533. The summed E-state index contributed by atoms with van der Waals surface area (Å²) in [5, 5.41) is 15.6. The van der Waals surface area contributed by atoms with Crippen LogP contribution < -0.4 is 16.4 Å². The Morgan fingerprint density at radius 2 is 2.25 bits per heavy atom. The van der Waals surface area contributed by atoms with E-state index in [9.17, 15) is 9.90 Å². The van der Waals surface area contributed by atoms with Gasteiger partial charge in [0, 0.05) is 19.2 Å². The molecular formula is C15H23N3O2. The van der Waals surface area contributed by atoms with E-state index >= 15 is 0 Å². The molecule has 0 radical (unpaired) electrons. The molecule has 1 aliphatic rings. The lowest BCUT2D eigenvalue weighted by Crippen LogP contribution is -2.25. The summed E-state index contributed by atoms with van der Waals surface area (Å²) in [6, 6.07) is 5.22. The van der Waals surface area contributed by atoms with Crippen molar-refractivity contribution >= 4 is 17.3 Å². The van der Waals surface area contributed by atoms with Gasteiger partial charge in [-0.15, -0.1) is 0 Å². The zero-order valence-electron chi connectivity index (χ0n) is 11.9. The van der Waals surface area contributed by atoms with Crippen molar-refractivity contribution in [2.24, 2.45) is 5.92 Å². The smallest absolute Gasteiger partial charge is 0.251 e. The predicted molar refractivity (Wildman–Crippen MR) is 80.7 cm³/mol. The first kappa shape index (κ1) is 14.7. The Kier molecular flexibility index (Phi) is 4.84. The van der Waals surface area contributed by atoms with Crippen molar-refractivity contribution in [1.29, 1.82) is 0 Å². The quantitative estimate of drug-likeness (QED) is 0.629. The highest BCUT2D eigenvalue weighted by Crippen LogP contribution is 2.26. The van der Waals surface area contributed by atoms with Crippen LogP contribution >= 0.6 is 0 Å². The second-order valence-corrected chi connectivity index (χ2v) is 5.45. The number of anilines is 2. The molecule has 110 valence electrons. The van der Waals surface area contributed by atoms with E-state index < -0.39 is 0 Å². The molecule has 0 heterocycles. The molecule has 2 rings (SSSR count). The van der Waals surface area contributed by atoms with E-state index in [0.29, 0.717) is 17.2 Å². The van der Waals surface area contributed by atoms with Crippen molar-refractivity contribution in [3.63, 3.8) is 0 Å². The molecule has 1 fully saturated rings. The van der Waals surface area contributed by atoms with Crippen LogP contribution in [0.5, 0.6) is 0 Å². The Labute approximate surface area is 119 Å². The number of hydrogen-bond donors (Lipinski definition) is 4. The number of nitrogens with one attached hydrogen (secondary N) is 2. The van der Waals surface area contributed by atoms with Crippen molar-refractivity contribution in [1.82, 2.24) is 5.32 Å². The molecule has 0 aromatic heterocycles. The molecule has 1 aromatic carbocycles. The summed E-state index contributed by atoms with van der Waals surface area (Å²) in [7, 11) is 1.61. The van der Waals surface area contributed by atoms with Gasteiger partial charge in [-0.05, 0) is 43.4 Å². The summed E-state index contributed by atoms with van der Waals surface area (Å²) in [5.41, 5.74) is 7.94. The standard InChI is InChI=1S/C15H23N3O2/c1-17-15(20)11-5-6-13(16)14(8-11)18-9-10-3-2-4-12(19)7-10/h5-6,8,10,12,18-19H,2-4,7,9,16H2,1H3,(H,17,20). The van der Waals surface area contributed by atoms with E-state index in [2.05, 4.69) is 10.6 Å². The highest BCUT2D eigenvalue weighted by Gasteiger charge is 2.20. The topological polar surface area (TPSA) is 87.4 Å². The third kappa shape index (κ3) is 3.63. The summed E-state index contributed by atoms with van der Waals surface area (Å²) in [5.74, 6) is 0.336. The Bertz CT molecular complexity index is 476. The van der Waals surface area contributed by atoms with Crippen molar-refractivity contribution < 1.29 is 9.90 Å². The summed E-state index contributed by atoms with van der Waals surface area (Å²) < 4.78 is 0. The van der Waals surface area contributed by atoms with Gasteiger partial charge in [0.2, 0.25) is 0 Å². The minimum Gasteiger partial charge on any atom is -0.397 e. The van der Waals surface area contributed by atoms with Crippen LogP contribution in [0, 0.1) is 5.92 Å². The minimum atomic E-state index is -0.176. The lowest BCUT2D eigenvalue weighted by molar-refractivity contribution is 0.0963. The lowest BCUT2D eigenvalue weighted by atomic mass is 9.87. The zero-order chi connectivity index (χ0) is 14.5. The van der Waals surface area contributed by atoms with Gasteiger partial charge in [0.25, 0.3) is 5.91 Å². The first-order valence-corrected chi connectivity index (χ1v) is 7.13. The zero-order valence-corrected chi connectivity index (χ0v) is 11.9. The first-order valence-electron chi connectivity index (χ1n) is 7.13. The predicted octanol–water partition coefficient (Wildman–Crippen LogP) is 1.59. The SMILES string of the molecule is CNC(=O)c1ccc(N)c(NCC2CCCC(O)C2)c1. The number of hydrogen-bond acceptors (Lipinski definition) is 4. The van der Waals surface area contributed by atoms with Crippen LogP contribution in [0.3, 0.4) is 0 Å². The second-order valence-electron chi connectivity index (χ2n) is 5.45. The Morgan fingerprint density at radius 3 is 2.95 bits per heavy atom. The van der Waals surface area contributed by atoms with Gasteiger partial charge in [0.15, 0.2) is 0 Å². The highest BCUT2D eigenvalue weighted by atomic mass is 16.3. The number of benzene rings is 1. The molecule has 0 aliphatic heterocycles. The molecule has 0 spiro atoms. The number of carbonyl (C=O) groups is 1. The van der Waals surface area contributed by atoms with Gasteiger partial charge in [-0.3, -0.25) is 4.79 Å². The molecule has 5 N–H and O–H groups in total. The van der Waals surface area contributed by atoms with Crippen LogP contribution in [0.1, 0.15) is 36.0 Å². The van der Waals surface area contributed by atoms with Gasteiger partial charge in [0.05, 0.1) is 17.5 Å². The molecule has 5 nitrogen and oxygen atoms in total. The van der Waals surface area contributed by atoms with E-state index in [0.717, 1.165) is 37.9 Å². The summed E-state index contributed by atoms with van der Waals surface area (Å²) >= 11 is 0. The van der Waals surface area contributed by atoms with E-state index in [1.807, 2.05) is 0 Å². The molecule has 0 bridgehead atoms. The number of aliphatic hydroxyl groups excluding tert-OH is 1. The maximum absolute atomic E-state index is 11.6. The average Bonchev–Trinajstić information content (AvgIpc) is 2.45. The maximum atomic E-state index is 11.6. The van der Waals surface area contributed by atoms with E-state index in [-0.39, 0.29) is 12.0 Å². The number of aliphatic hydroxyl groups is 1. The monoisotopic (exact) mass is 277 g/mol. The van der Waals surface area contributed by atoms with Crippen LogP contribution in [0.2, 0.25) is 0 Å². The molecule has 5 heteroatoms. The number of nitrogens with two attached hydrogens (primary N) is 1. The average molecular weight is 277 g/mol. The molecule has 20 heavy (non-hydrogen) atoms. The Morgan fingerprint density at radius 1 is 1.45 bits per heavy atom. The van der Waals surface area contributed by atoms with Crippen molar-refractivity contribution in [3.8, 4) is 0 Å². The number of amides is 1. The van der Waals surface area contributed by atoms with Crippen molar-refractivity contribution in [2.75, 3.05) is 24.6 Å². The summed E-state index contributed by atoms with van der Waals surface area (Å²) in [6.07, 6.45) is 3.76. The minimum absolute atomic E-state index is 0.124. The number of carbonyl (C=O) groups excluding carboxylic acids is 1. The molecule has 2 atom stereocenters. The van der Waals surface area contributed by atoms with Crippen LogP contribution in [0.25, 0.3) is 0 Å². The van der Waals surface area contributed by atoms with Crippen molar-refractivity contribution in [2.45, 2.75) is 31.8 Å². The fourth-order valence-corrected chi connectivity index (χ4v) is 2.70. The van der Waals surface area contributed by atoms with E-state index in [1.54, 1.807) is 25.2 Å². The number of nitrogen functional groups attached to an aromatic ring is 1. The van der Waals surface area contributed by atoms with Crippen LogP contribution in [0.15, 0.2) is 18.2 Å². The van der Waals surface area contributed by atoms with Gasteiger partial charge in [0.1, 0.15) is 0 Å². The molecule has 1 saturated carbocycles. The molecule has 1 aliphatic carbocycles. The maximum Gasteiger partial charge on any atom is 0.251 e.